The van der Waals surface area contributed by atoms with Gasteiger partial charge in [0.05, 0.1) is 15.6 Å². The number of rotatable bonds is 8. The van der Waals surface area contributed by atoms with E-state index in [2.05, 4.69) is 10.6 Å². The maximum absolute atomic E-state index is 14.2. The molecule has 238 valence electrons. The van der Waals surface area contributed by atoms with E-state index in [-0.39, 0.29) is 23.9 Å². The first kappa shape index (κ1) is 31.4. The van der Waals surface area contributed by atoms with Gasteiger partial charge in [-0.2, -0.15) is 0 Å². The molecule has 1 heterocycles. The Balaban J connectivity index is 1.28. The number of ketones is 1. The minimum absolute atomic E-state index is 0.0297. The number of Topliss-reactive ketones (excluding diaryl/α,β-unsaturated/α-hetero) is 1. The monoisotopic (exact) mass is 638 g/mol. The van der Waals surface area contributed by atoms with Gasteiger partial charge in [-0.05, 0) is 79.6 Å². The topological polar surface area (TPSA) is 189 Å². The Labute approximate surface area is 271 Å². The van der Waals surface area contributed by atoms with Gasteiger partial charge in [-0.1, -0.05) is 36.4 Å². The van der Waals surface area contributed by atoms with Crippen molar-refractivity contribution in [2.45, 2.75) is 56.3 Å². The van der Waals surface area contributed by atoms with Gasteiger partial charge in [0.15, 0.2) is 5.78 Å². The summed E-state index contributed by atoms with van der Waals surface area (Å²) in [6, 6.07) is 17.2. The van der Waals surface area contributed by atoms with Crippen molar-refractivity contribution >= 4 is 44.7 Å². The minimum atomic E-state index is -1.56. The number of nitrogens with two attached hydrogens (primary N) is 4. The molecular weight excluding hydrogens is 600 g/mol. The SMILES string of the molecule is Cc1cc(Oc2ccccc2)ccc1C1(N)C(=O)C(N)c2c(C(=O)NC3CCC(NC(=O)/C=C/CN)CC3)sc3c(N)ccc1c23. The smallest absolute Gasteiger partial charge is 0.261 e. The molecule has 2 atom stereocenters. The van der Waals surface area contributed by atoms with Crippen LogP contribution in [-0.4, -0.2) is 36.2 Å². The normalized spacial score (nSPS) is 22.6. The molecule has 6 rings (SSSR count). The van der Waals surface area contributed by atoms with Crippen LogP contribution in [0.15, 0.2) is 72.8 Å². The molecule has 46 heavy (non-hydrogen) atoms. The van der Waals surface area contributed by atoms with E-state index >= 15 is 0 Å². The van der Waals surface area contributed by atoms with Crippen molar-refractivity contribution in [2.75, 3.05) is 12.3 Å². The number of amides is 2. The molecule has 0 saturated heterocycles. The Kier molecular flexibility index (Phi) is 8.67. The Morgan fingerprint density at radius 1 is 0.978 bits per heavy atom. The van der Waals surface area contributed by atoms with Gasteiger partial charge in [-0.3, -0.25) is 14.4 Å². The number of benzene rings is 3. The van der Waals surface area contributed by atoms with Crippen LogP contribution >= 0.6 is 11.3 Å². The van der Waals surface area contributed by atoms with Gasteiger partial charge in [0.25, 0.3) is 5.91 Å². The molecule has 0 radical (unpaired) electrons. The largest absolute Gasteiger partial charge is 0.457 e. The average Bonchev–Trinajstić information content (AvgIpc) is 3.46. The van der Waals surface area contributed by atoms with Crippen LogP contribution in [0.2, 0.25) is 0 Å². The van der Waals surface area contributed by atoms with Gasteiger partial charge in [0, 0.05) is 41.3 Å². The van der Waals surface area contributed by atoms with E-state index in [9.17, 15) is 14.4 Å². The van der Waals surface area contributed by atoms with Gasteiger partial charge in [-0.15, -0.1) is 11.3 Å². The Morgan fingerprint density at radius 2 is 1.65 bits per heavy atom. The molecule has 10 N–H and O–H groups in total. The molecule has 4 aromatic rings. The molecule has 3 aromatic carbocycles. The number of nitrogen functional groups attached to an aromatic ring is 1. The van der Waals surface area contributed by atoms with E-state index in [1.165, 1.54) is 17.4 Å². The zero-order valence-electron chi connectivity index (χ0n) is 25.5. The highest BCUT2D eigenvalue weighted by molar-refractivity contribution is 7.21. The second-order valence-electron chi connectivity index (χ2n) is 12.0. The fourth-order valence-corrected chi connectivity index (χ4v) is 7.85. The quantitative estimate of drug-likeness (QED) is 0.123. The van der Waals surface area contributed by atoms with E-state index in [0.717, 1.165) is 18.4 Å². The molecule has 2 aliphatic carbocycles. The summed E-state index contributed by atoms with van der Waals surface area (Å²) in [4.78, 5) is 40.4. The lowest BCUT2D eigenvalue weighted by Gasteiger charge is -2.37. The van der Waals surface area contributed by atoms with Crippen molar-refractivity contribution < 1.29 is 19.1 Å². The fourth-order valence-electron chi connectivity index (χ4n) is 6.65. The summed E-state index contributed by atoms with van der Waals surface area (Å²) >= 11 is 1.23. The number of aryl methyl sites for hydroxylation is 1. The van der Waals surface area contributed by atoms with Crippen molar-refractivity contribution in [1.82, 2.24) is 10.6 Å². The van der Waals surface area contributed by atoms with E-state index in [4.69, 9.17) is 27.7 Å². The van der Waals surface area contributed by atoms with Gasteiger partial charge < -0.3 is 38.3 Å². The van der Waals surface area contributed by atoms with Gasteiger partial charge in [-0.25, -0.2) is 0 Å². The first-order chi connectivity index (χ1) is 22.1. The van der Waals surface area contributed by atoms with Crippen LogP contribution in [0, 0.1) is 6.92 Å². The number of carbonyl (C=O) groups is 3. The van der Waals surface area contributed by atoms with Crippen molar-refractivity contribution in [3.8, 4) is 11.5 Å². The average molecular weight is 639 g/mol. The standard InChI is InChI=1S/C35H38N6O4S/c1-19-18-23(45-22-6-3-2-4-7-22)13-14-24(19)35(39)25-15-16-26(37)31-28(25)29(30(38)33(35)43)32(46-31)34(44)41-21-11-9-20(10-12-21)40-27(42)8-5-17-36/h2-8,13-16,18,20-21,30H,9-12,17,36-39H2,1H3,(H,40,42)(H,41,44)/b8-5+. The molecule has 2 aliphatic rings. The molecule has 0 spiro atoms. The number of para-hydroxylation sites is 1. The molecule has 1 saturated carbocycles. The van der Waals surface area contributed by atoms with Crippen LogP contribution < -0.4 is 38.3 Å². The molecule has 11 heteroatoms. The minimum Gasteiger partial charge on any atom is -0.457 e. The van der Waals surface area contributed by atoms with Crippen LogP contribution in [0.1, 0.15) is 63.7 Å². The van der Waals surface area contributed by atoms with E-state index < -0.39 is 17.4 Å². The highest BCUT2D eigenvalue weighted by atomic mass is 32.1. The second-order valence-corrected chi connectivity index (χ2v) is 13.0. The summed E-state index contributed by atoms with van der Waals surface area (Å²) < 4.78 is 6.68. The lowest BCUT2D eigenvalue weighted by atomic mass is 9.69. The predicted molar refractivity (Wildman–Crippen MR) is 181 cm³/mol. The van der Waals surface area contributed by atoms with Crippen LogP contribution in [0.4, 0.5) is 5.69 Å². The summed E-state index contributed by atoms with van der Waals surface area (Å²) in [6.45, 7) is 2.19. The van der Waals surface area contributed by atoms with Crippen LogP contribution in [0.3, 0.4) is 0 Å². The Morgan fingerprint density at radius 3 is 2.33 bits per heavy atom. The first-order valence-electron chi connectivity index (χ1n) is 15.4. The summed E-state index contributed by atoms with van der Waals surface area (Å²) in [6.07, 6.45) is 5.91. The van der Waals surface area contributed by atoms with E-state index in [1.54, 1.807) is 30.3 Å². The molecule has 1 fully saturated rings. The second kappa shape index (κ2) is 12.7. The first-order valence-corrected chi connectivity index (χ1v) is 16.2. The number of hydrogen-bond donors (Lipinski definition) is 6. The van der Waals surface area contributed by atoms with Gasteiger partial charge in [0.2, 0.25) is 5.91 Å². The molecule has 0 aliphatic heterocycles. The molecule has 2 amide bonds. The molecule has 2 unspecified atom stereocenters. The summed E-state index contributed by atoms with van der Waals surface area (Å²) in [5.74, 6) is 0.431. The highest BCUT2D eigenvalue weighted by Gasteiger charge is 2.49. The number of ether oxygens (including phenoxy) is 1. The maximum atomic E-state index is 14.2. The molecule has 0 bridgehead atoms. The van der Waals surface area contributed by atoms with E-state index in [0.29, 0.717) is 68.2 Å². The summed E-state index contributed by atoms with van der Waals surface area (Å²) in [7, 11) is 0. The Bertz CT molecular complexity index is 1850. The van der Waals surface area contributed by atoms with Crippen molar-refractivity contribution in [3.63, 3.8) is 0 Å². The zero-order chi connectivity index (χ0) is 32.6. The summed E-state index contributed by atoms with van der Waals surface area (Å²) in [5.41, 5.74) is 27.0. The maximum Gasteiger partial charge on any atom is 0.261 e. The van der Waals surface area contributed by atoms with Gasteiger partial charge in [0.1, 0.15) is 17.0 Å². The predicted octanol–water partition coefficient (Wildman–Crippen LogP) is 4.04. The fraction of sp³-hybridized carbons (Fsp3) is 0.286. The van der Waals surface area contributed by atoms with Crippen molar-refractivity contribution in [1.29, 1.82) is 0 Å². The third-order valence-electron chi connectivity index (χ3n) is 8.94. The van der Waals surface area contributed by atoms with Crippen LogP contribution in [0.5, 0.6) is 11.5 Å². The van der Waals surface area contributed by atoms with Crippen LogP contribution in [-0.2, 0) is 15.1 Å². The number of carbonyl (C=O) groups excluding carboxylic acids is 3. The van der Waals surface area contributed by atoms with Crippen molar-refractivity contribution in [2.24, 2.45) is 17.2 Å². The van der Waals surface area contributed by atoms with Crippen LogP contribution in [0.25, 0.3) is 10.1 Å². The van der Waals surface area contributed by atoms with E-state index in [1.807, 2.05) is 43.3 Å². The Hall–Kier alpha value is -4.55. The van der Waals surface area contributed by atoms with Crippen molar-refractivity contribution in [3.05, 3.63) is 99.9 Å². The third kappa shape index (κ3) is 5.67. The lowest BCUT2D eigenvalue weighted by molar-refractivity contribution is -0.124. The number of anilines is 1. The number of thiophene rings is 1. The highest BCUT2D eigenvalue weighted by Crippen LogP contribution is 2.50. The molecule has 10 nitrogen and oxygen atoms in total. The molecular formula is C35H38N6O4S. The molecule has 1 aromatic heterocycles. The number of nitrogens with one attached hydrogen (secondary N) is 2. The summed E-state index contributed by atoms with van der Waals surface area (Å²) in [5, 5.41) is 6.78. The lowest BCUT2D eigenvalue weighted by Crippen LogP contribution is -2.53. The zero-order valence-corrected chi connectivity index (χ0v) is 26.4. The third-order valence-corrected chi connectivity index (χ3v) is 10.2. The number of hydrogen-bond acceptors (Lipinski definition) is 9. The van der Waals surface area contributed by atoms with Gasteiger partial charge >= 0.3 is 0 Å².